The van der Waals surface area contributed by atoms with Crippen molar-refractivity contribution in [2.75, 3.05) is 18.7 Å². The summed E-state index contributed by atoms with van der Waals surface area (Å²) in [6.07, 6.45) is 0.143. The van der Waals surface area contributed by atoms with Crippen LogP contribution >= 0.6 is 0 Å². The van der Waals surface area contributed by atoms with Crippen molar-refractivity contribution in [3.8, 4) is 28.3 Å². The van der Waals surface area contributed by atoms with E-state index in [1.54, 1.807) is 16.8 Å². The Morgan fingerprint density at radius 1 is 1.17 bits per heavy atom. The van der Waals surface area contributed by atoms with Crippen LogP contribution in [0.1, 0.15) is 52.4 Å². The Morgan fingerprint density at radius 3 is 2.60 bits per heavy atom. The molecular weight excluding hydrogens is 558 g/mol. The highest BCUT2D eigenvalue weighted by Gasteiger charge is 2.26. The molecule has 1 aromatic carbocycles. The SMILES string of the molecule is CC.CN(/N=N\NC=O)c1c(-c2ccn(CC3CC3)n2)cc(-c2ccc(OCCCCCC(F)(F)F)cc2F)[nH]c1=O. The number of carbonyl (C=O) groups excluding carboxylic acids is 1. The summed E-state index contributed by atoms with van der Waals surface area (Å²) in [5.41, 5.74) is 2.67. The van der Waals surface area contributed by atoms with Gasteiger partial charge in [0.05, 0.1) is 18.0 Å². The number of nitrogens with zero attached hydrogens (tertiary/aromatic N) is 5. The summed E-state index contributed by atoms with van der Waals surface area (Å²) in [6.45, 7) is 4.90. The number of ether oxygens (including phenoxy) is 1. The molecule has 228 valence electrons. The molecule has 1 aliphatic carbocycles. The van der Waals surface area contributed by atoms with E-state index in [1.165, 1.54) is 24.2 Å². The normalized spacial score (nSPS) is 13.0. The van der Waals surface area contributed by atoms with Gasteiger partial charge in [-0.1, -0.05) is 13.8 Å². The molecule has 0 atom stereocenters. The second-order valence-corrected chi connectivity index (χ2v) is 9.52. The van der Waals surface area contributed by atoms with Gasteiger partial charge in [-0.15, -0.1) is 0 Å². The third-order valence-electron chi connectivity index (χ3n) is 6.28. The smallest absolute Gasteiger partial charge is 0.389 e. The number of aromatic nitrogens is 3. The van der Waals surface area contributed by atoms with Crippen LogP contribution in [0.3, 0.4) is 0 Å². The lowest BCUT2D eigenvalue weighted by Gasteiger charge is -2.16. The highest BCUT2D eigenvalue weighted by atomic mass is 19.4. The van der Waals surface area contributed by atoms with Gasteiger partial charge in [-0.2, -0.15) is 18.3 Å². The second-order valence-electron chi connectivity index (χ2n) is 9.52. The summed E-state index contributed by atoms with van der Waals surface area (Å²) in [7, 11) is 1.47. The van der Waals surface area contributed by atoms with Crippen molar-refractivity contribution in [3.05, 3.63) is 52.7 Å². The molecule has 1 fully saturated rings. The summed E-state index contributed by atoms with van der Waals surface area (Å²) in [4.78, 5) is 26.4. The number of H-pyrrole nitrogens is 1. The Morgan fingerprint density at radius 2 is 1.93 bits per heavy atom. The van der Waals surface area contributed by atoms with Crippen molar-refractivity contribution in [3.63, 3.8) is 0 Å². The van der Waals surface area contributed by atoms with Gasteiger partial charge in [0.15, 0.2) is 0 Å². The topological polar surface area (TPSA) is 117 Å². The molecule has 2 heterocycles. The molecule has 2 N–H and O–H groups in total. The van der Waals surface area contributed by atoms with Gasteiger partial charge in [0.25, 0.3) is 5.56 Å². The first kappa shape index (κ1) is 32.3. The molecular formula is C28H35F4N7O3. The highest BCUT2D eigenvalue weighted by molar-refractivity contribution is 5.79. The number of hydrogen-bond acceptors (Lipinski definition) is 6. The lowest BCUT2D eigenvalue weighted by atomic mass is 10.0. The fourth-order valence-electron chi connectivity index (χ4n) is 4.15. The zero-order chi connectivity index (χ0) is 30.7. The maximum absolute atomic E-state index is 15.1. The van der Waals surface area contributed by atoms with Crippen molar-refractivity contribution < 1.29 is 27.1 Å². The molecule has 0 spiro atoms. The number of rotatable bonds is 14. The van der Waals surface area contributed by atoms with Crippen LogP contribution in [0.5, 0.6) is 5.75 Å². The minimum absolute atomic E-state index is 0.00876. The Labute approximate surface area is 240 Å². The lowest BCUT2D eigenvalue weighted by Crippen LogP contribution is -2.22. The number of hydrogen-bond donors (Lipinski definition) is 2. The van der Waals surface area contributed by atoms with Gasteiger partial charge in [0.2, 0.25) is 6.41 Å². The van der Waals surface area contributed by atoms with Crippen LogP contribution in [-0.4, -0.2) is 41.0 Å². The molecule has 0 saturated heterocycles. The Kier molecular flexibility index (Phi) is 11.6. The zero-order valence-electron chi connectivity index (χ0n) is 23.7. The average molecular weight is 594 g/mol. The van der Waals surface area contributed by atoms with Crippen LogP contribution in [0, 0.1) is 11.7 Å². The van der Waals surface area contributed by atoms with Crippen molar-refractivity contribution >= 4 is 12.1 Å². The van der Waals surface area contributed by atoms with Crippen LogP contribution < -0.4 is 20.7 Å². The fourth-order valence-corrected chi connectivity index (χ4v) is 4.15. The molecule has 0 unspecified atom stereocenters. The Balaban J connectivity index is 0.00000237. The van der Waals surface area contributed by atoms with Gasteiger partial charge in [0.1, 0.15) is 17.3 Å². The molecule has 4 rings (SSSR count). The van der Waals surface area contributed by atoms with Crippen LogP contribution in [0.4, 0.5) is 23.2 Å². The molecule has 2 aromatic heterocycles. The van der Waals surface area contributed by atoms with Gasteiger partial charge in [-0.3, -0.25) is 14.3 Å². The van der Waals surface area contributed by atoms with E-state index in [4.69, 9.17) is 4.74 Å². The number of alkyl halides is 3. The molecule has 1 amide bonds. The molecule has 1 saturated carbocycles. The fraction of sp³-hybridized carbons (Fsp3) is 0.464. The largest absolute Gasteiger partial charge is 0.493 e. The number of aromatic amines is 1. The van der Waals surface area contributed by atoms with Crippen molar-refractivity contribution in [1.29, 1.82) is 0 Å². The third kappa shape index (κ3) is 9.42. The van der Waals surface area contributed by atoms with Crippen molar-refractivity contribution in [1.82, 2.24) is 20.2 Å². The summed E-state index contributed by atoms with van der Waals surface area (Å²) >= 11 is 0. The lowest BCUT2D eigenvalue weighted by molar-refractivity contribution is -0.135. The summed E-state index contributed by atoms with van der Waals surface area (Å²) in [6, 6.07) is 7.47. The molecule has 14 heteroatoms. The summed E-state index contributed by atoms with van der Waals surface area (Å²) in [5.74, 6) is 0.131. The molecule has 10 nitrogen and oxygen atoms in total. The summed E-state index contributed by atoms with van der Waals surface area (Å²) in [5, 5.41) is 13.1. The Bertz CT molecular complexity index is 1400. The minimum Gasteiger partial charge on any atom is -0.493 e. The minimum atomic E-state index is -4.18. The maximum atomic E-state index is 15.1. The van der Waals surface area contributed by atoms with Crippen molar-refractivity contribution in [2.45, 2.75) is 65.1 Å². The van der Waals surface area contributed by atoms with E-state index >= 15 is 4.39 Å². The predicted molar refractivity (Wildman–Crippen MR) is 150 cm³/mol. The number of unbranched alkanes of at least 4 members (excludes halogenated alkanes) is 2. The van der Waals surface area contributed by atoms with Gasteiger partial charge in [0, 0.05) is 43.4 Å². The molecule has 0 radical (unpaired) electrons. The molecule has 42 heavy (non-hydrogen) atoms. The first-order chi connectivity index (χ1) is 20.1. The number of anilines is 1. The second kappa shape index (κ2) is 15.1. The number of benzene rings is 1. The summed E-state index contributed by atoms with van der Waals surface area (Å²) < 4.78 is 59.2. The van der Waals surface area contributed by atoms with Crippen LogP contribution in [-0.2, 0) is 11.3 Å². The van der Waals surface area contributed by atoms with Crippen molar-refractivity contribution in [2.24, 2.45) is 16.4 Å². The van der Waals surface area contributed by atoms with Gasteiger partial charge in [-0.05, 0) is 72.7 Å². The van der Waals surface area contributed by atoms with Gasteiger partial charge < -0.3 is 9.72 Å². The van der Waals surface area contributed by atoms with E-state index < -0.39 is 24.0 Å². The first-order valence-corrected chi connectivity index (χ1v) is 13.8. The van der Waals surface area contributed by atoms with Crippen LogP contribution in [0.2, 0.25) is 0 Å². The first-order valence-electron chi connectivity index (χ1n) is 13.8. The standard InChI is InChI=1S/C26H29F4N7O3.C2H6/c1-36(35-34-31-16-38)24-20(22-9-11-37(33-22)15-17-5-6-17)14-23(32-25(24)39)19-8-7-18(13-21(19)27)40-12-4-2-3-10-26(28,29)30;1-2/h7-9,11,13-14,16-17H,2-6,10,12,15H2,1H3,(H,32,39)(H,31,35,38);1-2H3. The van der Waals surface area contributed by atoms with Crippen LogP contribution in [0.15, 0.2) is 51.8 Å². The van der Waals surface area contributed by atoms with E-state index in [1.807, 2.05) is 25.5 Å². The maximum Gasteiger partial charge on any atom is 0.389 e. The van der Waals surface area contributed by atoms with E-state index in [2.05, 4.69) is 20.5 Å². The number of pyridine rings is 1. The van der Waals surface area contributed by atoms with E-state index in [-0.39, 0.29) is 35.7 Å². The monoisotopic (exact) mass is 593 g/mol. The molecule has 3 aromatic rings. The van der Waals surface area contributed by atoms with E-state index in [9.17, 15) is 22.8 Å². The molecule has 1 aliphatic rings. The zero-order valence-corrected chi connectivity index (χ0v) is 23.7. The van der Waals surface area contributed by atoms with E-state index in [0.717, 1.165) is 25.5 Å². The molecule has 0 aliphatic heterocycles. The number of halogens is 4. The quantitative estimate of drug-likeness (QED) is 0.0733. The van der Waals surface area contributed by atoms with Crippen LogP contribution in [0.25, 0.3) is 22.5 Å². The van der Waals surface area contributed by atoms with Gasteiger partial charge >= 0.3 is 6.18 Å². The third-order valence-corrected chi connectivity index (χ3v) is 6.28. The number of carbonyl (C=O) groups is 1. The Hall–Kier alpha value is -4.23. The van der Waals surface area contributed by atoms with Gasteiger partial charge in [-0.25, -0.2) is 14.8 Å². The predicted octanol–water partition coefficient (Wildman–Crippen LogP) is 6.45. The average Bonchev–Trinajstić information content (AvgIpc) is 3.64. The highest BCUT2D eigenvalue weighted by Crippen LogP contribution is 2.34. The van der Waals surface area contributed by atoms with E-state index in [0.29, 0.717) is 36.4 Å². The number of amides is 1. The molecule has 0 bridgehead atoms. The number of nitrogens with one attached hydrogen (secondary N) is 2.